The number of halogens is 2. The first-order valence-corrected chi connectivity index (χ1v) is 7.63. The van der Waals surface area contributed by atoms with Crippen molar-refractivity contribution in [3.63, 3.8) is 0 Å². The van der Waals surface area contributed by atoms with Gasteiger partial charge in [-0.15, -0.1) is 0 Å². The smallest absolute Gasteiger partial charge is 0.143 e. The summed E-state index contributed by atoms with van der Waals surface area (Å²) in [6.45, 7) is 3.89. The number of rotatable bonds is 5. The van der Waals surface area contributed by atoms with Crippen molar-refractivity contribution in [2.45, 2.75) is 39.0 Å². The monoisotopic (exact) mass is 297 g/mol. The third-order valence-electron chi connectivity index (χ3n) is 4.23. The molecule has 1 saturated heterocycles. The van der Waals surface area contributed by atoms with E-state index in [1.54, 1.807) is 6.07 Å². The first-order chi connectivity index (χ1) is 9.57. The quantitative estimate of drug-likeness (QED) is 0.896. The molecule has 0 aliphatic carbocycles. The van der Waals surface area contributed by atoms with Gasteiger partial charge in [0.2, 0.25) is 0 Å². The fourth-order valence-electron chi connectivity index (χ4n) is 3.07. The summed E-state index contributed by atoms with van der Waals surface area (Å²) < 4.78 is 13.5. The first-order valence-electron chi connectivity index (χ1n) is 7.25. The number of benzene rings is 1. The zero-order valence-electron chi connectivity index (χ0n) is 11.8. The summed E-state index contributed by atoms with van der Waals surface area (Å²) in [7, 11) is 0. The number of hydrogen-bond acceptors (Lipinski definition) is 2. The maximum absolute atomic E-state index is 13.5. The fraction of sp³-hybridized carbons (Fsp3) is 0.562. The van der Waals surface area contributed by atoms with Crippen molar-refractivity contribution >= 4 is 17.4 Å². The van der Waals surface area contributed by atoms with Crippen LogP contribution in [0.5, 0.6) is 0 Å². The van der Waals surface area contributed by atoms with Crippen molar-refractivity contribution in [3.8, 4) is 0 Å². The van der Waals surface area contributed by atoms with Gasteiger partial charge in [-0.3, -0.25) is 4.79 Å². The summed E-state index contributed by atoms with van der Waals surface area (Å²) in [4.78, 5) is 12.7. The zero-order chi connectivity index (χ0) is 14.6. The number of ketones is 1. The summed E-state index contributed by atoms with van der Waals surface area (Å²) in [5.74, 6) is -0.214. The first kappa shape index (κ1) is 15.5. The van der Waals surface area contributed by atoms with Gasteiger partial charge < -0.3 is 5.32 Å². The number of carbonyl (C=O) groups excluding carboxylic acids is 1. The van der Waals surface area contributed by atoms with Crippen molar-refractivity contribution in [1.29, 1.82) is 0 Å². The molecule has 0 unspecified atom stereocenters. The van der Waals surface area contributed by atoms with E-state index in [9.17, 15) is 9.18 Å². The highest BCUT2D eigenvalue weighted by Crippen LogP contribution is 2.36. The lowest BCUT2D eigenvalue weighted by molar-refractivity contribution is -0.130. The third kappa shape index (κ3) is 3.39. The molecule has 1 aromatic carbocycles. The van der Waals surface area contributed by atoms with Crippen LogP contribution in [0.2, 0.25) is 5.02 Å². The Hall–Kier alpha value is -0.930. The van der Waals surface area contributed by atoms with Crippen molar-refractivity contribution in [1.82, 2.24) is 5.32 Å². The molecule has 0 atom stereocenters. The minimum absolute atomic E-state index is 0.103. The lowest BCUT2D eigenvalue weighted by atomic mass is 9.70. The van der Waals surface area contributed by atoms with Gasteiger partial charge in [0.1, 0.15) is 11.6 Å². The van der Waals surface area contributed by atoms with Crippen LogP contribution in [-0.2, 0) is 11.2 Å². The van der Waals surface area contributed by atoms with Crippen LogP contribution in [0, 0.1) is 11.2 Å². The Kier molecular flexibility index (Phi) is 5.17. The Balaban J connectivity index is 2.13. The van der Waals surface area contributed by atoms with E-state index in [1.165, 1.54) is 12.1 Å². The molecular weight excluding hydrogens is 277 g/mol. The average Bonchev–Trinajstić information content (AvgIpc) is 2.44. The van der Waals surface area contributed by atoms with Crippen LogP contribution in [0.4, 0.5) is 4.39 Å². The number of Topliss-reactive ketones (excluding diaryl/α,β-unsaturated/α-hetero) is 1. The van der Waals surface area contributed by atoms with Crippen molar-refractivity contribution in [3.05, 3.63) is 34.6 Å². The summed E-state index contributed by atoms with van der Waals surface area (Å²) in [6, 6.07) is 4.64. The van der Waals surface area contributed by atoms with Crippen LogP contribution in [0.25, 0.3) is 0 Å². The van der Waals surface area contributed by atoms with Gasteiger partial charge in [-0.25, -0.2) is 4.39 Å². The molecule has 2 nitrogen and oxygen atoms in total. The Morgan fingerprint density at radius 1 is 1.40 bits per heavy atom. The number of piperidine rings is 1. The molecule has 1 heterocycles. The molecule has 1 fully saturated rings. The van der Waals surface area contributed by atoms with Crippen molar-refractivity contribution in [2.75, 3.05) is 13.1 Å². The highest BCUT2D eigenvalue weighted by Gasteiger charge is 2.37. The molecule has 20 heavy (non-hydrogen) atoms. The minimum Gasteiger partial charge on any atom is -0.317 e. The van der Waals surface area contributed by atoms with E-state index in [0.29, 0.717) is 12.0 Å². The normalized spacial score (nSPS) is 17.9. The molecule has 1 aliphatic rings. The topological polar surface area (TPSA) is 29.1 Å². The Morgan fingerprint density at radius 2 is 2.10 bits per heavy atom. The zero-order valence-corrected chi connectivity index (χ0v) is 12.6. The summed E-state index contributed by atoms with van der Waals surface area (Å²) in [6.07, 6.45) is 3.99. The molecule has 1 aromatic rings. The molecule has 0 bridgehead atoms. The SMILES string of the molecule is CCCC1(C(=O)Cc2ccc(Cl)c(F)c2)CCNCC1. The van der Waals surface area contributed by atoms with Gasteiger partial charge in [0, 0.05) is 11.8 Å². The average molecular weight is 298 g/mol. The second-order valence-corrected chi connectivity index (χ2v) is 6.04. The Bertz CT molecular complexity index is 478. The highest BCUT2D eigenvalue weighted by molar-refractivity contribution is 6.30. The van der Waals surface area contributed by atoms with E-state index in [4.69, 9.17) is 11.6 Å². The van der Waals surface area contributed by atoms with Gasteiger partial charge in [0.05, 0.1) is 5.02 Å². The lowest BCUT2D eigenvalue weighted by Crippen LogP contribution is -2.42. The van der Waals surface area contributed by atoms with Gasteiger partial charge in [0.15, 0.2) is 0 Å². The number of hydrogen-bond donors (Lipinski definition) is 1. The molecule has 2 rings (SSSR count). The maximum Gasteiger partial charge on any atom is 0.143 e. The number of nitrogens with one attached hydrogen (secondary N) is 1. The van der Waals surface area contributed by atoms with Crippen molar-refractivity contribution in [2.24, 2.45) is 5.41 Å². The fourth-order valence-corrected chi connectivity index (χ4v) is 3.19. The van der Waals surface area contributed by atoms with Gasteiger partial charge in [-0.2, -0.15) is 0 Å². The van der Waals surface area contributed by atoms with Crippen molar-refractivity contribution < 1.29 is 9.18 Å². The molecule has 0 radical (unpaired) electrons. The summed E-state index contributed by atoms with van der Waals surface area (Å²) in [5.41, 5.74) is 0.488. The van der Waals surface area contributed by atoms with Gasteiger partial charge >= 0.3 is 0 Å². The maximum atomic E-state index is 13.5. The van der Waals surface area contributed by atoms with Crippen LogP contribution in [0.3, 0.4) is 0 Å². The van der Waals surface area contributed by atoms with Crippen LogP contribution in [0.15, 0.2) is 18.2 Å². The Morgan fingerprint density at radius 3 is 2.70 bits per heavy atom. The molecule has 0 saturated carbocycles. The second kappa shape index (κ2) is 6.68. The van der Waals surface area contributed by atoms with E-state index in [2.05, 4.69) is 12.2 Å². The predicted octanol–water partition coefficient (Wildman–Crippen LogP) is 3.76. The molecule has 110 valence electrons. The minimum atomic E-state index is -0.452. The van der Waals surface area contributed by atoms with E-state index in [-0.39, 0.29) is 16.2 Å². The van der Waals surface area contributed by atoms with Crippen LogP contribution in [-0.4, -0.2) is 18.9 Å². The standard InChI is InChI=1S/C16H21ClFNO/c1-2-5-16(6-8-19-9-7-16)15(20)11-12-3-4-13(17)14(18)10-12/h3-4,10,19H,2,5-9,11H2,1H3. The third-order valence-corrected chi connectivity index (χ3v) is 4.54. The largest absolute Gasteiger partial charge is 0.317 e. The molecule has 1 N–H and O–H groups in total. The van der Waals surface area contributed by atoms with Crippen LogP contribution >= 0.6 is 11.6 Å². The molecule has 0 aromatic heterocycles. The Labute approximate surface area is 124 Å². The molecule has 1 aliphatic heterocycles. The van der Waals surface area contributed by atoms with Crippen LogP contribution < -0.4 is 5.32 Å². The number of carbonyl (C=O) groups is 1. The molecule has 4 heteroatoms. The van der Waals surface area contributed by atoms with Gasteiger partial charge in [-0.05, 0) is 50.0 Å². The van der Waals surface area contributed by atoms with Crippen LogP contribution in [0.1, 0.15) is 38.2 Å². The van der Waals surface area contributed by atoms with E-state index < -0.39 is 5.82 Å². The second-order valence-electron chi connectivity index (χ2n) is 5.63. The van der Waals surface area contributed by atoms with Gasteiger partial charge in [-0.1, -0.05) is 31.0 Å². The van der Waals surface area contributed by atoms with Gasteiger partial charge in [0.25, 0.3) is 0 Å². The molecule has 0 spiro atoms. The molecular formula is C16H21ClFNO. The summed E-state index contributed by atoms with van der Waals surface area (Å²) in [5, 5.41) is 3.41. The van der Waals surface area contributed by atoms with E-state index in [1.807, 2.05) is 0 Å². The lowest BCUT2D eigenvalue weighted by Gasteiger charge is -2.36. The summed E-state index contributed by atoms with van der Waals surface area (Å²) >= 11 is 5.67. The van der Waals surface area contributed by atoms with E-state index in [0.717, 1.165) is 38.8 Å². The predicted molar refractivity (Wildman–Crippen MR) is 79.6 cm³/mol. The van der Waals surface area contributed by atoms with E-state index >= 15 is 0 Å². The molecule has 0 amide bonds. The highest BCUT2D eigenvalue weighted by atomic mass is 35.5.